The van der Waals surface area contributed by atoms with E-state index in [1.54, 1.807) is 6.92 Å². The normalized spacial score (nSPS) is 17.6. The van der Waals surface area contributed by atoms with Gasteiger partial charge in [0.05, 0.1) is 16.9 Å². The smallest absolute Gasteiger partial charge is 0.238 e. The van der Waals surface area contributed by atoms with Crippen LogP contribution in [0.5, 0.6) is 0 Å². The first-order chi connectivity index (χ1) is 11.6. The van der Waals surface area contributed by atoms with Crippen molar-refractivity contribution in [1.82, 2.24) is 0 Å². The van der Waals surface area contributed by atoms with Gasteiger partial charge < -0.3 is 10.6 Å². The van der Waals surface area contributed by atoms with Gasteiger partial charge in [-0.25, -0.2) is 0 Å². The van der Waals surface area contributed by atoms with E-state index in [-0.39, 0.29) is 11.8 Å². The number of benzene rings is 2. The molecule has 0 bridgehead atoms. The molecule has 2 aromatic carbocycles. The molecule has 0 fully saturated rings. The third kappa shape index (κ3) is 3.46. The quantitative estimate of drug-likeness (QED) is 0.886. The second-order valence-electron chi connectivity index (χ2n) is 5.86. The Balaban J connectivity index is 1.72. The molecule has 3 rings (SSSR count). The van der Waals surface area contributed by atoms with Crippen LogP contribution in [-0.4, -0.2) is 17.1 Å². The molecule has 0 radical (unpaired) electrons. The summed E-state index contributed by atoms with van der Waals surface area (Å²) in [6, 6.07) is 15.4. The highest BCUT2D eigenvalue weighted by atomic mass is 32.2. The summed E-state index contributed by atoms with van der Waals surface area (Å²) in [7, 11) is 0. The van der Waals surface area contributed by atoms with Crippen LogP contribution in [0.25, 0.3) is 0 Å². The number of carbonyl (C=O) groups excluding carboxylic acids is 2. The van der Waals surface area contributed by atoms with Gasteiger partial charge in [-0.1, -0.05) is 38.1 Å². The molecular weight excluding hydrogens is 320 g/mol. The lowest BCUT2D eigenvalue weighted by Gasteiger charge is -2.27. The highest BCUT2D eigenvalue weighted by molar-refractivity contribution is 8.01. The summed E-state index contributed by atoms with van der Waals surface area (Å²) in [6.45, 7) is 3.87. The molecule has 0 unspecified atom stereocenters. The second kappa shape index (κ2) is 7.09. The van der Waals surface area contributed by atoms with E-state index in [1.807, 2.05) is 48.5 Å². The summed E-state index contributed by atoms with van der Waals surface area (Å²) in [6.07, 6.45) is 0.914. The van der Waals surface area contributed by atoms with Crippen molar-refractivity contribution in [3.63, 3.8) is 0 Å². The highest BCUT2D eigenvalue weighted by Gasteiger charge is 2.35. The van der Waals surface area contributed by atoms with Crippen molar-refractivity contribution in [2.24, 2.45) is 5.92 Å². The Morgan fingerprint density at radius 1 is 1.25 bits per heavy atom. The number of aryl methyl sites for hydroxylation is 1. The molecule has 0 spiro atoms. The van der Waals surface area contributed by atoms with Gasteiger partial charge in [0.2, 0.25) is 11.8 Å². The topological polar surface area (TPSA) is 58.2 Å². The van der Waals surface area contributed by atoms with E-state index < -0.39 is 11.2 Å². The number of carbonyl (C=O) groups is 2. The van der Waals surface area contributed by atoms with Crippen LogP contribution >= 0.6 is 11.8 Å². The van der Waals surface area contributed by atoms with Gasteiger partial charge in [-0.15, -0.1) is 11.8 Å². The maximum atomic E-state index is 12.6. The van der Waals surface area contributed by atoms with Crippen molar-refractivity contribution in [2.45, 2.75) is 30.4 Å². The summed E-state index contributed by atoms with van der Waals surface area (Å²) in [5.74, 6) is -0.701. The molecule has 2 atom stereocenters. The second-order valence-corrected chi connectivity index (χ2v) is 7.04. The van der Waals surface area contributed by atoms with E-state index in [0.29, 0.717) is 0 Å². The Hall–Kier alpha value is -2.27. The highest BCUT2D eigenvalue weighted by Crippen LogP contribution is 2.38. The lowest BCUT2D eigenvalue weighted by atomic mass is 10.0. The Morgan fingerprint density at radius 3 is 2.83 bits per heavy atom. The lowest BCUT2D eigenvalue weighted by Crippen LogP contribution is -2.39. The molecule has 1 aliphatic rings. The molecule has 24 heavy (non-hydrogen) atoms. The van der Waals surface area contributed by atoms with E-state index in [0.717, 1.165) is 22.7 Å². The molecule has 0 aromatic heterocycles. The fourth-order valence-corrected chi connectivity index (χ4v) is 3.83. The third-order valence-corrected chi connectivity index (χ3v) is 5.61. The Morgan fingerprint density at radius 2 is 2.04 bits per heavy atom. The summed E-state index contributed by atoms with van der Waals surface area (Å²) in [5, 5.41) is 5.38. The van der Waals surface area contributed by atoms with Gasteiger partial charge in [0, 0.05) is 10.6 Å². The standard InChI is InChI=1S/C19H20N2O2S/c1-3-13-7-6-8-14(11-13)20-18(22)12(2)17-19(23)21-15-9-4-5-10-16(15)24-17/h4-12,17H,3H2,1-2H3,(H,20,22)(H,21,23)/t12-,17-/m0/s1. The number of hydrogen-bond acceptors (Lipinski definition) is 3. The van der Waals surface area contributed by atoms with Gasteiger partial charge in [0.25, 0.3) is 0 Å². The fourth-order valence-electron chi connectivity index (χ4n) is 2.66. The van der Waals surface area contributed by atoms with Gasteiger partial charge in [-0.2, -0.15) is 0 Å². The Labute approximate surface area is 146 Å². The van der Waals surface area contributed by atoms with Crippen LogP contribution in [0.15, 0.2) is 53.4 Å². The predicted octanol–water partition coefficient (Wildman–Crippen LogP) is 3.94. The Bertz CT molecular complexity index is 775. The minimum Gasteiger partial charge on any atom is -0.326 e. The van der Waals surface area contributed by atoms with Crippen molar-refractivity contribution < 1.29 is 9.59 Å². The summed E-state index contributed by atoms with van der Waals surface area (Å²) in [4.78, 5) is 25.9. The van der Waals surface area contributed by atoms with Crippen molar-refractivity contribution in [2.75, 3.05) is 10.6 Å². The fraction of sp³-hybridized carbons (Fsp3) is 0.263. The molecule has 2 N–H and O–H groups in total. The van der Waals surface area contributed by atoms with E-state index >= 15 is 0 Å². The van der Waals surface area contributed by atoms with E-state index in [1.165, 1.54) is 17.3 Å². The van der Waals surface area contributed by atoms with Gasteiger partial charge in [0.1, 0.15) is 0 Å². The van der Waals surface area contributed by atoms with Crippen molar-refractivity contribution in [3.8, 4) is 0 Å². The van der Waals surface area contributed by atoms with Gasteiger partial charge in [-0.3, -0.25) is 9.59 Å². The molecule has 2 aromatic rings. The number of amides is 2. The van der Waals surface area contributed by atoms with Crippen LogP contribution in [0.2, 0.25) is 0 Å². The number of anilines is 2. The predicted molar refractivity (Wildman–Crippen MR) is 98.3 cm³/mol. The van der Waals surface area contributed by atoms with Crippen molar-refractivity contribution in [1.29, 1.82) is 0 Å². The van der Waals surface area contributed by atoms with Crippen LogP contribution in [0, 0.1) is 5.92 Å². The molecule has 0 saturated carbocycles. The van der Waals surface area contributed by atoms with E-state index in [9.17, 15) is 9.59 Å². The van der Waals surface area contributed by atoms with Crippen LogP contribution in [0.4, 0.5) is 11.4 Å². The first-order valence-corrected chi connectivity index (χ1v) is 8.93. The average molecular weight is 340 g/mol. The molecular formula is C19H20N2O2S. The zero-order valence-electron chi connectivity index (χ0n) is 13.7. The molecule has 4 nitrogen and oxygen atoms in total. The first kappa shape index (κ1) is 16.6. The van der Waals surface area contributed by atoms with Crippen molar-refractivity contribution >= 4 is 35.0 Å². The Kier molecular flexibility index (Phi) is 4.90. The third-order valence-electron chi connectivity index (χ3n) is 4.13. The van der Waals surface area contributed by atoms with Gasteiger partial charge >= 0.3 is 0 Å². The number of thioether (sulfide) groups is 1. The summed E-state index contributed by atoms with van der Waals surface area (Å²) in [5.41, 5.74) is 2.75. The van der Waals surface area contributed by atoms with E-state index in [2.05, 4.69) is 17.6 Å². The molecule has 124 valence electrons. The zero-order valence-corrected chi connectivity index (χ0v) is 14.5. The maximum absolute atomic E-state index is 12.6. The number of hydrogen-bond donors (Lipinski definition) is 2. The number of nitrogens with one attached hydrogen (secondary N) is 2. The number of rotatable bonds is 4. The molecule has 5 heteroatoms. The molecule has 0 aliphatic carbocycles. The van der Waals surface area contributed by atoms with Crippen LogP contribution in [0.1, 0.15) is 19.4 Å². The monoisotopic (exact) mass is 340 g/mol. The van der Waals surface area contributed by atoms with Crippen molar-refractivity contribution in [3.05, 3.63) is 54.1 Å². The summed E-state index contributed by atoms with van der Waals surface area (Å²) < 4.78 is 0. The maximum Gasteiger partial charge on any atom is 0.238 e. The SMILES string of the molecule is CCc1cccc(NC(=O)[C@@H](C)[C@@H]2Sc3ccccc3NC2=O)c1. The molecule has 2 amide bonds. The molecule has 1 heterocycles. The zero-order chi connectivity index (χ0) is 17.1. The van der Waals surface area contributed by atoms with Crippen LogP contribution in [0.3, 0.4) is 0 Å². The van der Waals surface area contributed by atoms with Gasteiger partial charge in [0.15, 0.2) is 0 Å². The minimum atomic E-state index is -0.436. The average Bonchev–Trinajstić information content (AvgIpc) is 2.60. The van der Waals surface area contributed by atoms with E-state index in [4.69, 9.17) is 0 Å². The number of para-hydroxylation sites is 1. The van der Waals surface area contributed by atoms with Crippen LogP contribution in [-0.2, 0) is 16.0 Å². The molecule has 1 aliphatic heterocycles. The summed E-state index contributed by atoms with van der Waals surface area (Å²) >= 11 is 1.45. The lowest BCUT2D eigenvalue weighted by molar-refractivity contribution is -0.123. The molecule has 0 saturated heterocycles. The number of fused-ring (bicyclic) bond motifs is 1. The van der Waals surface area contributed by atoms with Gasteiger partial charge in [-0.05, 0) is 36.2 Å². The van der Waals surface area contributed by atoms with Crippen LogP contribution < -0.4 is 10.6 Å². The first-order valence-electron chi connectivity index (χ1n) is 8.05. The minimum absolute atomic E-state index is 0.122. The largest absolute Gasteiger partial charge is 0.326 e.